The fourth-order valence-corrected chi connectivity index (χ4v) is 2.28. The van der Waals surface area contributed by atoms with E-state index in [0.717, 1.165) is 12.1 Å². The zero-order valence-electron chi connectivity index (χ0n) is 10.7. The van der Waals surface area contributed by atoms with E-state index in [4.69, 9.17) is 0 Å². The molecule has 0 aliphatic carbocycles. The Kier molecular flexibility index (Phi) is 4.62. The Labute approximate surface area is 118 Å². The minimum Gasteiger partial charge on any atom is -0.469 e. The molecule has 0 amide bonds. The molecular weight excluding hydrogens is 286 g/mol. The Morgan fingerprint density at radius 3 is 2.75 bits per heavy atom. The number of para-hydroxylation sites is 1. The lowest BCUT2D eigenvalue weighted by Crippen LogP contribution is -2.02. The number of thiazole rings is 1. The molecule has 0 bridgehead atoms. The second-order valence-corrected chi connectivity index (χ2v) is 4.80. The van der Waals surface area contributed by atoms with Gasteiger partial charge in [0.25, 0.3) is 0 Å². The van der Waals surface area contributed by atoms with Gasteiger partial charge in [-0.25, -0.2) is 13.8 Å². The number of rotatable bonds is 5. The second kappa shape index (κ2) is 6.42. The predicted octanol–water partition coefficient (Wildman–Crippen LogP) is 3.27. The number of benzene rings is 1. The molecule has 0 spiro atoms. The summed E-state index contributed by atoms with van der Waals surface area (Å²) >= 11 is 1.21. The van der Waals surface area contributed by atoms with E-state index in [0.29, 0.717) is 17.2 Å². The van der Waals surface area contributed by atoms with Crippen molar-refractivity contribution in [3.05, 3.63) is 40.9 Å². The van der Waals surface area contributed by atoms with E-state index in [9.17, 15) is 13.6 Å². The minimum absolute atomic E-state index is 0.216. The summed E-state index contributed by atoms with van der Waals surface area (Å²) < 4.78 is 31.4. The largest absolute Gasteiger partial charge is 0.469 e. The Bertz CT molecular complexity index is 596. The number of hydrogen-bond acceptors (Lipinski definition) is 5. The van der Waals surface area contributed by atoms with Crippen LogP contribution in [0.5, 0.6) is 0 Å². The molecule has 4 nitrogen and oxygen atoms in total. The van der Waals surface area contributed by atoms with Crippen LogP contribution >= 0.6 is 11.3 Å². The van der Waals surface area contributed by atoms with E-state index in [1.165, 1.54) is 24.5 Å². The van der Waals surface area contributed by atoms with Gasteiger partial charge in [0.15, 0.2) is 5.13 Å². The highest BCUT2D eigenvalue weighted by atomic mass is 32.1. The lowest BCUT2D eigenvalue weighted by Gasteiger charge is -2.04. The van der Waals surface area contributed by atoms with E-state index in [1.54, 1.807) is 5.38 Å². The number of ether oxygens (including phenoxy) is 1. The van der Waals surface area contributed by atoms with Crippen molar-refractivity contribution >= 4 is 28.1 Å². The van der Waals surface area contributed by atoms with E-state index in [1.807, 2.05) is 0 Å². The van der Waals surface area contributed by atoms with E-state index >= 15 is 0 Å². The third-order valence-corrected chi connectivity index (χ3v) is 3.37. The fourth-order valence-electron chi connectivity index (χ4n) is 1.54. The van der Waals surface area contributed by atoms with E-state index in [-0.39, 0.29) is 18.1 Å². The summed E-state index contributed by atoms with van der Waals surface area (Å²) in [5.41, 5.74) is 0.431. The van der Waals surface area contributed by atoms with Crippen molar-refractivity contribution in [3.63, 3.8) is 0 Å². The smallest absolute Gasteiger partial charge is 0.305 e. The molecule has 2 rings (SSSR count). The first-order valence-corrected chi connectivity index (χ1v) is 6.70. The molecule has 1 aromatic heterocycles. The number of anilines is 2. The van der Waals surface area contributed by atoms with Gasteiger partial charge >= 0.3 is 5.97 Å². The van der Waals surface area contributed by atoms with Gasteiger partial charge in [0.2, 0.25) is 0 Å². The molecule has 20 heavy (non-hydrogen) atoms. The fraction of sp³-hybridized carbons (Fsp3) is 0.231. The lowest BCUT2D eigenvalue weighted by molar-refractivity contribution is -0.140. The summed E-state index contributed by atoms with van der Waals surface area (Å²) in [7, 11) is 1.32. The number of hydrogen-bond donors (Lipinski definition) is 1. The third kappa shape index (κ3) is 3.51. The number of aryl methyl sites for hydroxylation is 1. The summed E-state index contributed by atoms with van der Waals surface area (Å²) in [6, 6.07) is 3.62. The summed E-state index contributed by atoms with van der Waals surface area (Å²) in [4.78, 5) is 15.2. The zero-order chi connectivity index (χ0) is 14.5. The Morgan fingerprint density at radius 2 is 2.10 bits per heavy atom. The number of nitrogens with one attached hydrogen (secondary N) is 1. The molecule has 0 saturated carbocycles. The number of carbonyl (C=O) groups excluding carboxylic acids is 1. The van der Waals surface area contributed by atoms with E-state index in [2.05, 4.69) is 15.0 Å². The molecule has 1 heterocycles. The van der Waals surface area contributed by atoms with Crippen LogP contribution in [0.4, 0.5) is 19.6 Å². The lowest BCUT2D eigenvalue weighted by atomic mass is 10.2. The molecule has 0 atom stereocenters. The highest BCUT2D eigenvalue weighted by Crippen LogP contribution is 2.25. The highest BCUT2D eigenvalue weighted by Gasteiger charge is 2.11. The van der Waals surface area contributed by atoms with Crippen LogP contribution in [0.25, 0.3) is 0 Å². The molecule has 0 radical (unpaired) electrons. The Balaban J connectivity index is 2.04. The van der Waals surface area contributed by atoms with Gasteiger partial charge in [-0.2, -0.15) is 0 Å². The molecule has 1 N–H and O–H groups in total. The Morgan fingerprint density at radius 1 is 1.40 bits per heavy atom. The second-order valence-electron chi connectivity index (χ2n) is 3.94. The summed E-state index contributed by atoms with van der Waals surface area (Å²) in [6.45, 7) is 0. The maximum Gasteiger partial charge on any atom is 0.305 e. The molecule has 7 heteroatoms. The van der Waals surface area contributed by atoms with Crippen molar-refractivity contribution in [1.29, 1.82) is 0 Å². The summed E-state index contributed by atoms with van der Waals surface area (Å²) in [6.07, 6.45) is 0.637. The van der Waals surface area contributed by atoms with Crippen molar-refractivity contribution in [2.24, 2.45) is 0 Å². The number of esters is 1. The van der Waals surface area contributed by atoms with Crippen molar-refractivity contribution in [1.82, 2.24) is 4.98 Å². The van der Waals surface area contributed by atoms with Gasteiger partial charge in [0.05, 0.1) is 19.2 Å². The normalized spacial score (nSPS) is 10.3. The van der Waals surface area contributed by atoms with Crippen molar-refractivity contribution < 1.29 is 18.3 Å². The van der Waals surface area contributed by atoms with Crippen LogP contribution in [-0.4, -0.2) is 18.1 Å². The first kappa shape index (κ1) is 14.4. The molecule has 1 aromatic carbocycles. The molecule has 0 unspecified atom stereocenters. The number of carbonyl (C=O) groups is 1. The van der Waals surface area contributed by atoms with Crippen LogP contribution in [0.2, 0.25) is 0 Å². The molecule has 0 aliphatic heterocycles. The van der Waals surface area contributed by atoms with Crippen LogP contribution in [0.3, 0.4) is 0 Å². The maximum absolute atomic E-state index is 13.5. The van der Waals surface area contributed by atoms with Gasteiger partial charge in [-0.3, -0.25) is 4.79 Å². The highest BCUT2D eigenvalue weighted by molar-refractivity contribution is 7.13. The molecule has 2 aromatic rings. The first-order chi connectivity index (χ1) is 9.60. The first-order valence-electron chi connectivity index (χ1n) is 5.82. The average Bonchev–Trinajstić information content (AvgIpc) is 2.88. The molecule has 0 aliphatic rings. The van der Waals surface area contributed by atoms with Crippen LogP contribution in [0.15, 0.2) is 23.6 Å². The SMILES string of the molecule is COC(=O)CCc1csc(Nc2c(F)cccc2F)n1. The quantitative estimate of drug-likeness (QED) is 0.861. The molecule has 0 saturated heterocycles. The number of methoxy groups -OCH3 is 1. The number of halogens is 2. The third-order valence-electron chi connectivity index (χ3n) is 2.56. The van der Waals surface area contributed by atoms with Gasteiger partial charge in [-0.15, -0.1) is 11.3 Å². The van der Waals surface area contributed by atoms with Crippen molar-refractivity contribution in [2.45, 2.75) is 12.8 Å². The van der Waals surface area contributed by atoms with Crippen LogP contribution < -0.4 is 5.32 Å². The van der Waals surface area contributed by atoms with Crippen molar-refractivity contribution in [2.75, 3.05) is 12.4 Å². The van der Waals surface area contributed by atoms with Gasteiger partial charge in [-0.1, -0.05) is 6.07 Å². The molecular formula is C13H12F2N2O2S. The predicted molar refractivity (Wildman–Crippen MR) is 72.1 cm³/mol. The van der Waals surface area contributed by atoms with Crippen LogP contribution in [0.1, 0.15) is 12.1 Å². The van der Waals surface area contributed by atoms with E-state index < -0.39 is 11.6 Å². The number of aromatic nitrogens is 1. The van der Waals surface area contributed by atoms with Gasteiger partial charge < -0.3 is 10.1 Å². The van der Waals surface area contributed by atoms with Crippen LogP contribution in [-0.2, 0) is 16.0 Å². The van der Waals surface area contributed by atoms with Gasteiger partial charge in [-0.05, 0) is 12.1 Å². The maximum atomic E-state index is 13.5. The monoisotopic (exact) mass is 298 g/mol. The van der Waals surface area contributed by atoms with Gasteiger partial charge in [0.1, 0.15) is 17.3 Å². The van der Waals surface area contributed by atoms with Gasteiger partial charge in [0, 0.05) is 11.8 Å². The summed E-state index contributed by atoms with van der Waals surface area (Å²) in [5.74, 6) is -1.69. The summed E-state index contributed by atoms with van der Waals surface area (Å²) in [5, 5.41) is 4.70. The molecule has 106 valence electrons. The molecule has 0 fully saturated rings. The zero-order valence-corrected chi connectivity index (χ0v) is 11.5. The average molecular weight is 298 g/mol. The van der Waals surface area contributed by atoms with Crippen LogP contribution in [0, 0.1) is 11.6 Å². The number of nitrogens with zero attached hydrogens (tertiary/aromatic N) is 1. The van der Waals surface area contributed by atoms with Crippen molar-refractivity contribution in [3.8, 4) is 0 Å². The Hall–Kier alpha value is -2.02. The topological polar surface area (TPSA) is 51.2 Å². The standard InChI is InChI=1S/C13H12F2N2O2S/c1-19-11(18)6-5-8-7-20-13(16-8)17-12-9(14)3-2-4-10(12)15/h2-4,7H,5-6H2,1H3,(H,16,17). The minimum atomic E-state index is -0.684.